The lowest BCUT2D eigenvalue weighted by Gasteiger charge is -2.12. The van der Waals surface area contributed by atoms with Gasteiger partial charge < -0.3 is 15.4 Å². The summed E-state index contributed by atoms with van der Waals surface area (Å²) in [5.74, 6) is 0.0106. The number of carbonyl (C=O) groups excluding carboxylic acids is 2. The van der Waals surface area contributed by atoms with Crippen LogP contribution in [0, 0.1) is 0 Å². The Labute approximate surface area is 139 Å². The first-order valence-corrected chi connectivity index (χ1v) is 7.44. The summed E-state index contributed by atoms with van der Waals surface area (Å²) in [7, 11) is 1.57. The van der Waals surface area contributed by atoms with Gasteiger partial charge in [-0.15, -0.1) is 11.6 Å². The molecule has 0 saturated carbocycles. The second-order valence-electron chi connectivity index (χ2n) is 4.83. The van der Waals surface area contributed by atoms with Crippen LogP contribution in [0.4, 0.5) is 11.4 Å². The van der Waals surface area contributed by atoms with Gasteiger partial charge in [0.2, 0.25) is 5.91 Å². The quantitative estimate of drug-likeness (QED) is 0.823. The molecule has 0 aliphatic carbocycles. The second kappa shape index (κ2) is 7.65. The molecule has 0 aliphatic heterocycles. The van der Waals surface area contributed by atoms with Crippen molar-refractivity contribution in [3.63, 3.8) is 0 Å². The molecule has 2 rings (SSSR count). The minimum absolute atomic E-state index is 0.326. The van der Waals surface area contributed by atoms with Crippen molar-refractivity contribution < 1.29 is 14.3 Å². The van der Waals surface area contributed by atoms with Crippen LogP contribution in [0.2, 0.25) is 0 Å². The van der Waals surface area contributed by atoms with Gasteiger partial charge in [-0.2, -0.15) is 0 Å². The molecule has 0 aromatic heterocycles. The molecule has 0 aliphatic rings. The smallest absolute Gasteiger partial charge is 0.257 e. The van der Waals surface area contributed by atoms with Crippen molar-refractivity contribution in [1.29, 1.82) is 0 Å². The molecule has 0 bridgehead atoms. The highest BCUT2D eigenvalue weighted by Crippen LogP contribution is 2.20. The van der Waals surface area contributed by atoms with Crippen LogP contribution < -0.4 is 15.4 Å². The molecule has 120 valence electrons. The first-order valence-electron chi connectivity index (χ1n) is 7.00. The van der Waals surface area contributed by atoms with Gasteiger partial charge in [-0.05, 0) is 43.3 Å². The molecule has 2 N–H and O–H groups in total. The molecule has 5 nitrogen and oxygen atoms in total. The Morgan fingerprint density at radius 2 is 1.70 bits per heavy atom. The maximum Gasteiger partial charge on any atom is 0.257 e. The summed E-state index contributed by atoms with van der Waals surface area (Å²) in [6, 6.07) is 13.7. The Balaban J connectivity index is 2.16. The van der Waals surface area contributed by atoms with E-state index in [2.05, 4.69) is 10.6 Å². The summed E-state index contributed by atoms with van der Waals surface area (Å²) in [6.07, 6.45) is 0. The number of para-hydroxylation sites is 1. The van der Waals surface area contributed by atoms with Crippen LogP contribution in [-0.4, -0.2) is 24.3 Å². The fourth-order valence-corrected chi connectivity index (χ4v) is 1.95. The minimum atomic E-state index is -0.687. The number of hydrogen-bond donors (Lipinski definition) is 2. The highest BCUT2D eigenvalue weighted by molar-refractivity contribution is 6.32. The highest BCUT2D eigenvalue weighted by atomic mass is 35.5. The van der Waals surface area contributed by atoms with Crippen molar-refractivity contribution in [3.05, 3.63) is 54.1 Å². The lowest BCUT2D eigenvalue weighted by molar-refractivity contribution is -0.115. The molecule has 2 aromatic rings. The molecule has 1 unspecified atom stereocenters. The van der Waals surface area contributed by atoms with Gasteiger partial charge in [-0.3, -0.25) is 9.59 Å². The van der Waals surface area contributed by atoms with Crippen LogP contribution in [0.3, 0.4) is 0 Å². The van der Waals surface area contributed by atoms with E-state index in [1.807, 2.05) is 0 Å². The van der Waals surface area contributed by atoms with Crippen LogP contribution in [0.5, 0.6) is 5.75 Å². The zero-order chi connectivity index (χ0) is 16.8. The molecule has 2 amide bonds. The fraction of sp³-hybridized carbons (Fsp3) is 0.176. The Hall–Kier alpha value is -2.53. The van der Waals surface area contributed by atoms with E-state index in [0.717, 1.165) is 0 Å². The minimum Gasteiger partial charge on any atom is -0.497 e. The molecular weight excluding hydrogens is 316 g/mol. The molecule has 0 saturated heterocycles. The summed E-state index contributed by atoms with van der Waals surface area (Å²) in [6.45, 7) is 1.57. The molecule has 23 heavy (non-hydrogen) atoms. The normalized spacial score (nSPS) is 11.4. The van der Waals surface area contributed by atoms with Crippen molar-refractivity contribution >= 4 is 34.8 Å². The number of carbonyl (C=O) groups is 2. The Bertz CT molecular complexity index is 699. The largest absolute Gasteiger partial charge is 0.497 e. The average molecular weight is 333 g/mol. The van der Waals surface area contributed by atoms with E-state index in [4.69, 9.17) is 16.3 Å². The summed E-state index contributed by atoms with van der Waals surface area (Å²) in [5, 5.41) is 4.73. The van der Waals surface area contributed by atoms with E-state index in [0.29, 0.717) is 22.7 Å². The number of ether oxygens (including phenoxy) is 1. The van der Waals surface area contributed by atoms with Crippen molar-refractivity contribution in [2.24, 2.45) is 0 Å². The van der Waals surface area contributed by atoms with E-state index in [1.165, 1.54) is 0 Å². The van der Waals surface area contributed by atoms with Crippen molar-refractivity contribution in [1.82, 2.24) is 0 Å². The number of methoxy groups -OCH3 is 1. The van der Waals surface area contributed by atoms with Gasteiger partial charge in [0.25, 0.3) is 5.91 Å². The van der Waals surface area contributed by atoms with Gasteiger partial charge in [-0.25, -0.2) is 0 Å². The van der Waals surface area contributed by atoms with Gasteiger partial charge in [0.1, 0.15) is 11.1 Å². The van der Waals surface area contributed by atoms with E-state index in [9.17, 15) is 9.59 Å². The molecule has 1 atom stereocenters. The third-order valence-corrected chi connectivity index (χ3v) is 3.34. The zero-order valence-corrected chi connectivity index (χ0v) is 13.6. The Morgan fingerprint density at radius 1 is 1.04 bits per heavy atom. The number of halogens is 1. The molecule has 0 radical (unpaired) electrons. The zero-order valence-electron chi connectivity index (χ0n) is 12.8. The second-order valence-corrected chi connectivity index (χ2v) is 5.49. The van der Waals surface area contributed by atoms with Gasteiger partial charge >= 0.3 is 0 Å². The van der Waals surface area contributed by atoms with E-state index in [1.54, 1.807) is 62.6 Å². The van der Waals surface area contributed by atoms with Crippen LogP contribution >= 0.6 is 11.6 Å². The first kappa shape index (κ1) is 16.8. The number of alkyl halides is 1. The van der Waals surface area contributed by atoms with Crippen LogP contribution in [-0.2, 0) is 4.79 Å². The SMILES string of the molecule is COc1ccc(NC(=O)c2ccccc2NC(=O)C(C)Cl)cc1. The summed E-state index contributed by atoms with van der Waals surface area (Å²) in [5.41, 5.74) is 1.40. The first-order chi connectivity index (χ1) is 11.0. The third-order valence-electron chi connectivity index (χ3n) is 3.14. The van der Waals surface area contributed by atoms with Gasteiger partial charge in [-0.1, -0.05) is 12.1 Å². The highest BCUT2D eigenvalue weighted by Gasteiger charge is 2.15. The summed E-state index contributed by atoms with van der Waals surface area (Å²) < 4.78 is 5.07. The number of nitrogens with one attached hydrogen (secondary N) is 2. The van der Waals surface area contributed by atoms with Crippen LogP contribution in [0.1, 0.15) is 17.3 Å². The number of rotatable bonds is 5. The number of hydrogen-bond acceptors (Lipinski definition) is 3. The van der Waals surface area contributed by atoms with Crippen LogP contribution in [0.15, 0.2) is 48.5 Å². The molecule has 0 heterocycles. The maximum absolute atomic E-state index is 12.4. The average Bonchev–Trinajstić information content (AvgIpc) is 2.55. The van der Waals surface area contributed by atoms with Gasteiger partial charge in [0.05, 0.1) is 18.4 Å². The summed E-state index contributed by atoms with van der Waals surface area (Å²) >= 11 is 5.74. The lowest BCUT2D eigenvalue weighted by Crippen LogP contribution is -2.23. The monoisotopic (exact) mass is 332 g/mol. The number of amides is 2. The molecular formula is C17H17ClN2O3. The Morgan fingerprint density at radius 3 is 2.30 bits per heavy atom. The lowest BCUT2D eigenvalue weighted by atomic mass is 10.1. The van der Waals surface area contributed by atoms with Crippen LogP contribution in [0.25, 0.3) is 0 Å². The fourth-order valence-electron chi connectivity index (χ4n) is 1.90. The maximum atomic E-state index is 12.4. The molecule has 2 aromatic carbocycles. The van der Waals surface area contributed by atoms with Gasteiger partial charge in [0.15, 0.2) is 0 Å². The predicted molar refractivity (Wildman–Crippen MR) is 91.3 cm³/mol. The Kier molecular flexibility index (Phi) is 5.60. The molecule has 0 fully saturated rings. The number of benzene rings is 2. The summed E-state index contributed by atoms with van der Waals surface area (Å²) in [4.78, 5) is 24.1. The van der Waals surface area contributed by atoms with Crippen molar-refractivity contribution in [2.75, 3.05) is 17.7 Å². The van der Waals surface area contributed by atoms with E-state index in [-0.39, 0.29) is 11.8 Å². The van der Waals surface area contributed by atoms with Gasteiger partial charge in [0, 0.05) is 5.69 Å². The standard InChI is InChI=1S/C17H17ClN2O3/c1-11(18)16(21)20-15-6-4-3-5-14(15)17(22)19-12-7-9-13(23-2)10-8-12/h3-11H,1-2H3,(H,19,22)(H,20,21). The third kappa shape index (κ3) is 4.47. The predicted octanol–water partition coefficient (Wildman–Crippen LogP) is 3.51. The molecule has 6 heteroatoms. The van der Waals surface area contributed by atoms with Crippen molar-refractivity contribution in [3.8, 4) is 5.75 Å². The van der Waals surface area contributed by atoms with E-state index >= 15 is 0 Å². The number of anilines is 2. The molecule has 0 spiro atoms. The van der Waals surface area contributed by atoms with Crippen molar-refractivity contribution in [2.45, 2.75) is 12.3 Å². The topological polar surface area (TPSA) is 67.4 Å². The van der Waals surface area contributed by atoms with E-state index < -0.39 is 5.38 Å².